The highest BCUT2D eigenvalue weighted by atomic mass is 32.2. The van der Waals surface area contributed by atoms with Crippen molar-refractivity contribution in [3.63, 3.8) is 0 Å². The molecule has 5 aromatic rings. The first-order chi connectivity index (χ1) is 28.9. The van der Waals surface area contributed by atoms with Gasteiger partial charge < -0.3 is 23.8 Å². The third-order valence-electron chi connectivity index (χ3n) is 11.3. The average molecular weight is 860 g/mol. The maximum absolute atomic E-state index is 14.8. The van der Waals surface area contributed by atoms with Crippen LogP contribution >= 0.6 is 0 Å². The third kappa shape index (κ3) is 9.45. The van der Waals surface area contributed by atoms with Gasteiger partial charge in [0, 0.05) is 44.8 Å². The number of sulfonamides is 2. The molecule has 0 amide bonds. The summed E-state index contributed by atoms with van der Waals surface area (Å²) in [5.41, 5.74) is 4.66. The summed E-state index contributed by atoms with van der Waals surface area (Å²) in [4.78, 5) is 2.48. The molecule has 3 unspecified atom stereocenters. The van der Waals surface area contributed by atoms with Crippen LogP contribution in [0, 0.1) is 13.8 Å². The molecule has 17 heteroatoms. The first-order valence-corrected chi connectivity index (χ1v) is 22.9. The van der Waals surface area contributed by atoms with Gasteiger partial charge in [0.05, 0.1) is 41.8 Å². The lowest BCUT2D eigenvalue weighted by Gasteiger charge is -2.44. The zero-order valence-electron chi connectivity index (χ0n) is 34.6. The Kier molecular flexibility index (Phi) is 13.4. The predicted molar refractivity (Wildman–Crippen MR) is 228 cm³/mol. The van der Waals surface area contributed by atoms with E-state index in [4.69, 9.17) is 18.9 Å². The van der Waals surface area contributed by atoms with Crippen LogP contribution in [0.1, 0.15) is 54.4 Å². The van der Waals surface area contributed by atoms with Gasteiger partial charge in [-0.25, -0.2) is 21.1 Å². The van der Waals surface area contributed by atoms with Crippen LogP contribution in [0.4, 0.5) is 11.6 Å². The van der Waals surface area contributed by atoms with Crippen molar-refractivity contribution >= 4 is 31.7 Å². The minimum Gasteiger partial charge on any atom is -0.497 e. The van der Waals surface area contributed by atoms with E-state index in [1.54, 1.807) is 57.5 Å². The zero-order valence-corrected chi connectivity index (χ0v) is 36.2. The number of hydrogen-bond acceptors (Lipinski definition) is 12. The molecule has 0 bridgehead atoms. The molecule has 15 nitrogen and oxygen atoms in total. The van der Waals surface area contributed by atoms with Crippen LogP contribution in [-0.4, -0.2) is 107 Å². The highest BCUT2D eigenvalue weighted by Gasteiger charge is 2.45. The normalized spacial score (nSPS) is 19.0. The first kappa shape index (κ1) is 43.0. The topological polar surface area (TPSA) is 169 Å². The highest BCUT2D eigenvalue weighted by Crippen LogP contribution is 2.41. The van der Waals surface area contributed by atoms with E-state index >= 15 is 0 Å². The van der Waals surface area contributed by atoms with Gasteiger partial charge in [-0.3, -0.25) is 0 Å². The minimum atomic E-state index is -4.22. The molecular formula is C43H53N7O8S2. The number of rotatable bonds is 17. The maximum Gasteiger partial charge on any atom is 0.279 e. The number of nitrogens with one attached hydrogen (secondary N) is 1. The Balaban J connectivity index is 1.24. The van der Waals surface area contributed by atoms with Crippen LogP contribution in [0.25, 0.3) is 0 Å². The van der Waals surface area contributed by atoms with E-state index in [2.05, 4.69) is 31.6 Å². The Morgan fingerprint density at radius 1 is 0.917 bits per heavy atom. The van der Waals surface area contributed by atoms with Crippen molar-refractivity contribution in [3.8, 4) is 11.5 Å². The number of ether oxygens (including phenoxy) is 4. The number of benzene rings is 4. The van der Waals surface area contributed by atoms with Crippen LogP contribution < -0.4 is 18.7 Å². The summed E-state index contributed by atoms with van der Waals surface area (Å²) in [5.74, 6) is 1.07. The van der Waals surface area contributed by atoms with Gasteiger partial charge in [-0.2, -0.15) is 9.52 Å². The summed E-state index contributed by atoms with van der Waals surface area (Å²) < 4.78 is 84.6. The molecule has 1 fully saturated rings. The zero-order chi connectivity index (χ0) is 42.4. The molecule has 4 atom stereocenters. The van der Waals surface area contributed by atoms with Crippen LogP contribution in [0.2, 0.25) is 0 Å². The number of aryl methyl sites for hydroxylation is 2. The number of tetrazole rings is 1. The van der Waals surface area contributed by atoms with E-state index in [9.17, 15) is 16.8 Å². The Morgan fingerprint density at radius 2 is 1.62 bits per heavy atom. The van der Waals surface area contributed by atoms with Gasteiger partial charge >= 0.3 is 0 Å². The van der Waals surface area contributed by atoms with Crippen molar-refractivity contribution < 1.29 is 35.8 Å². The second-order valence-electron chi connectivity index (χ2n) is 15.4. The summed E-state index contributed by atoms with van der Waals surface area (Å²) in [5, 5.41) is 14.2. The standard InChI is InChI=1S/C43H53N7O8S2/c1-30-7-16-37(17-8-30)59(51,52)49-28-42(58-29-33-11-20-41-40(26-33)48(22-24-57-41)21-6-23-55-4)39(34-12-14-36(56-5)15-13-34)27-35(49)25-32(3)50(43-44-46-47-45-43)60(53,54)38-18-9-31(2)10-19-38/h7-20,26,32,35,39,42H,6,21-25,27-29H2,1-5H3,(H,44,45,46,47)/t32?,35?,39?,42-/m0/s1. The molecule has 0 spiro atoms. The van der Waals surface area contributed by atoms with Crippen LogP contribution in [0.3, 0.4) is 0 Å². The number of H-pyrrole nitrogens is 1. The summed E-state index contributed by atoms with van der Waals surface area (Å²) in [7, 11) is -5.04. The third-order valence-corrected chi connectivity index (χ3v) is 15.1. The molecule has 60 heavy (non-hydrogen) atoms. The molecule has 2 aliphatic heterocycles. The lowest BCUT2D eigenvalue weighted by Crippen LogP contribution is -2.54. The summed E-state index contributed by atoms with van der Waals surface area (Å²) >= 11 is 0. The molecule has 1 aromatic heterocycles. The molecule has 7 rings (SSSR count). The van der Waals surface area contributed by atoms with Gasteiger partial charge in [0.2, 0.25) is 10.0 Å². The van der Waals surface area contributed by atoms with Crippen molar-refractivity contribution in [1.82, 2.24) is 24.9 Å². The number of fused-ring (bicyclic) bond motifs is 1. The lowest BCUT2D eigenvalue weighted by atomic mass is 9.82. The number of aromatic nitrogens is 4. The second kappa shape index (κ2) is 18.7. The van der Waals surface area contributed by atoms with Crippen molar-refractivity contribution in [2.75, 3.05) is 56.3 Å². The fourth-order valence-corrected chi connectivity index (χ4v) is 11.3. The number of piperidine rings is 1. The Labute approximate surface area is 352 Å². The van der Waals surface area contributed by atoms with E-state index < -0.39 is 38.2 Å². The van der Waals surface area contributed by atoms with Crippen molar-refractivity contribution in [2.45, 2.75) is 80.5 Å². The molecule has 320 valence electrons. The molecule has 0 radical (unpaired) electrons. The minimum absolute atomic E-state index is 0.00834. The van der Waals surface area contributed by atoms with E-state index in [0.717, 1.165) is 57.5 Å². The molecule has 1 N–H and O–H groups in total. The molecule has 0 aliphatic carbocycles. The van der Waals surface area contributed by atoms with E-state index in [1.165, 1.54) is 16.4 Å². The largest absolute Gasteiger partial charge is 0.497 e. The Hall–Kier alpha value is -5.07. The smallest absolute Gasteiger partial charge is 0.279 e. The molecular weight excluding hydrogens is 807 g/mol. The van der Waals surface area contributed by atoms with Gasteiger partial charge in [-0.05, 0) is 105 Å². The first-order valence-electron chi connectivity index (χ1n) is 20.1. The van der Waals surface area contributed by atoms with Crippen molar-refractivity contribution in [2.24, 2.45) is 0 Å². The van der Waals surface area contributed by atoms with Gasteiger partial charge in [0.15, 0.2) is 0 Å². The van der Waals surface area contributed by atoms with Crippen LogP contribution in [-0.2, 0) is 36.1 Å². The fourth-order valence-electron chi connectivity index (χ4n) is 8.09. The Morgan fingerprint density at radius 3 is 2.27 bits per heavy atom. The van der Waals surface area contributed by atoms with E-state index in [1.807, 2.05) is 50.2 Å². The lowest BCUT2D eigenvalue weighted by molar-refractivity contribution is -0.0213. The summed E-state index contributed by atoms with van der Waals surface area (Å²) in [6.07, 6.45) is 0.716. The van der Waals surface area contributed by atoms with Gasteiger partial charge in [-0.15, -0.1) is 5.10 Å². The molecule has 2 aliphatic rings. The predicted octanol–water partition coefficient (Wildman–Crippen LogP) is 5.87. The van der Waals surface area contributed by atoms with E-state index in [-0.39, 0.29) is 41.2 Å². The fraction of sp³-hybridized carbons (Fsp3) is 0.419. The summed E-state index contributed by atoms with van der Waals surface area (Å²) in [6, 6.07) is 25.5. The Bertz CT molecular complexity index is 2400. The van der Waals surface area contributed by atoms with E-state index in [0.29, 0.717) is 25.4 Å². The SMILES string of the molecule is COCCCN1CCOc2ccc(CO[C@H]3CN(S(=O)(=O)c4ccc(C)cc4)C(CC(C)N(c4nn[nH]n4)S(=O)(=O)c4ccc(C)cc4)CC3c3ccc(OC)cc3)cc21. The van der Waals surface area contributed by atoms with Crippen molar-refractivity contribution in [1.29, 1.82) is 0 Å². The molecule has 1 saturated heterocycles. The maximum atomic E-state index is 14.8. The highest BCUT2D eigenvalue weighted by molar-refractivity contribution is 7.92. The second-order valence-corrected chi connectivity index (χ2v) is 19.1. The van der Waals surface area contributed by atoms with Gasteiger partial charge in [0.1, 0.15) is 18.1 Å². The molecule has 3 heterocycles. The monoisotopic (exact) mass is 859 g/mol. The molecule has 4 aromatic carbocycles. The summed E-state index contributed by atoms with van der Waals surface area (Å²) in [6.45, 7) is 8.56. The average Bonchev–Trinajstić information content (AvgIpc) is 3.77. The molecule has 0 saturated carbocycles. The number of hydrogen-bond donors (Lipinski definition) is 1. The number of nitrogens with zero attached hydrogens (tertiary/aromatic N) is 6. The quantitative estimate of drug-likeness (QED) is 0.111. The number of aromatic amines is 1. The van der Waals surface area contributed by atoms with Crippen molar-refractivity contribution in [3.05, 3.63) is 113 Å². The number of methoxy groups -OCH3 is 2. The van der Waals surface area contributed by atoms with Gasteiger partial charge in [0.25, 0.3) is 16.0 Å². The van der Waals surface area contributed by atoms with Crippen LogP contribution in [0.5, 0.6) is 11.5 Å². The van der Waals surface area contributed by atoms with Crippen LogP contribution in [0.15, 0.2) is 101 Å². The van der Waals surface area contributed by atoms with Gasteiger partial charge in [-0.1, -0.05) is 58.7 Å². The number of anilines is 2.